The van der Waals surface area contributed by atoms with Crippen LogP contribution in [0.2, 0.25) is 0 Å². The summed E-state index contributed by atoms with van der Waals surface area (Å²) in [5.74, 6) is -0.568. The zero-order valence-corrected chi connectivity index (χ0v) is 13.9. The molecule has 2 atom stereocenters. The van der Waals surface area contributed by atoms with E-state index >= 15 is 0 Å². The Morgan fingerprint density at radius 3 is 2.57 bits per heavy atom. The fraction of sp³-hybridized carbons (Fsp3) is 0.529. The van der Waals surface area contributed by atoms with Crippen molar-refractivity contribution in [3.05, 3.63) is 35.6 Å². The minimum Gasteiger partial charge on any atom is -0.444 e. The lowest BCUT2D eigenvalue weighted by molar-refractivity contribution is -0.127. The molecule has 1 aliphatic heterocycles. The van der Waals surface area contributed by atoms with E-state index in [2.05, 4.69) is 5.32 Å². The summed E-state index contributed by atoms with van der Waals surface area (Å²) in [7, 11) is 0. The highest BCUT2D eigenvalue weighted by molar-refractivity contribution is 5.74. The molecule has 2 rings (SSSR count). The minimum absolute atomic E-state index is 0.0695. The van der Waals surface area contributed by atoms with E-state index in [1.807, 2.05) is 0 Å². The zero-order chi connectivity index (χ0) is 17.2. The van der Waals surface area contributed by atoms with E-state index < -0.39 is 11.7 Å². The Morgan fingerprint density at radius 1 is 1.30 bits per heavy atom. The fourth-order valence-electron chi connectivity index (χ4n) is 2.74. The molecule has 1 aromatic carbocycles. The molecule has 0 radical (unpaired) electrons. The average molecular weight is 322 g/mol. The van der Waals surface area contributed by atoms with Crippen LogP contribution in [0.25, 0.3) is 0 Å². The number of benzene rings is 1. The first kappa shape index (κ1) is 17.2. The summed E-state index contributed by atoms with van der Waals surface area (Å²) >= 11 is 0. The highest BCUT2D eigenvalue weighted by atomic mass is 19.1. The number of halogens is 1. The summed E-state index contributed by atoms with van der Waals surface area (Å²) in [5, 5.41) is 2.81. The molecule has 126 valence electrons. The highest BCUT2D eigenvalue weighted by Crippen LogP contribution is 2.28. The molecule has 0 unspecified atom stereocenters. The number of carbonyl (C=O) groups excluding carboxylic acids is 2. The number of amides is 2. The number of ether oxygens (including phenoxy) is 1. The number of carbonyl (C=O) groups is 2. The summed E-state index contributed by atoms with van der Waals surface area (Å²) < 4.78 is 18.8. The Balaban J connectivity index is 2.16. The van der Waals surface area contributed by atoms with Crippen LogP contribution in [0.15, 0.2) is 24.3 Å². The lowest BCUT2D eigenvalue weighted by atomic mass is 9.94. The maximum absolute atomic E-state index is 13.5. The Hall–Kier alpha value is -2.11. The summed E-state index contributed by atoms with van der Waals surface area (Å²) in [6, 6.07) is 5.94. The number of nitrogens with one attached hydrogen (secondary N) is 1. The predicted octanol–water partition coefficient (Wildman–Crippen LogP) is 2.66. The SMILES string of the molecule is CC(=O)N1C[C@@H](NC(=O)OC(C)(C)C)[C@H](c2cccc(F)c2)C1. The van der Waals surface area contributed by atoms with E-state index in [-0.39, 0.29) is 23.7 Å². The third kappa shape index (κ3) is 4.68. The summed E-state index contributed by atoms with van der Waals surface area (Å²) in [5.41, 5.74) is 0.159. The first-order chi connectivity index (χ1) is 10.7. The second kappa shape index (κ2) is 6.56. The minimum atomic E-state index is -0.600. The number of rotatable bonds is 2. The normalized spacial score (nSPS) is 21.2. The summed E-state index contributed by atoms with van der Waals surface area (Å²) in [6.45, 7) is 7.67. The Kier molecular flexibility index (Phi) is 4.92. The van der Waals surface area contributed by atoms with Crippen molar-refractivity contribution in [2.75, 3.05) is 13.1 Å². The smallest absolute Gasteiger partial charge is 0.407 e. The largest absolute Gasteiger partial charge is 0.444 e. The third-order valence-electron chi connectivity index (χ3n) is 3.74. The van der Waals surface area contributed by atoms with Gasteiger partial charge in [-0.1, -0.05) is 12.1 Å². The maximum atomic E-state index is 13.5. The van der Waals surface area contributed by atoms with Crippen molar-refractivity contribution >= 4 is 12.0 Å². The Labute approximate surface area is 135 Å². The van der Waals surface area contributed by atoms with E-state index in [0.717, 1.165) is 5.56 Å². The van der Waals surface area contributed by atoms with Gasteiger partial charge in [0.05, 0.1) is 6.04 Å². The van der Waals surface area contributed by atoms with Gasteiger partial charge in [-0.3, -0.25) is 4.79 Å². The van der Waals surface area contributed by atoms with Crippen molar-refractivity contribution in [1.29, 1.82) is 0 Å². The standard InChI is InChI=1S/C17H23FN2O3/c1-11(21)20-9-14(12-6-5-7-13(18)8-12)15(10-20)19-16(22)23-17(2,3)4/h5-8,14-15H,9-10H2,1-4H3,(H,19,22)/t14-,15+/m0/s1. The Morgan fingerprint density at radius 2 is 2.00 bits per heavy atom. The van der Waals surface area contributed by atoms with Gasteiger partial charge in [0.1, 0.15) is 11.4 Å². The van der Waals surface area contributed by atoms with Gasteiger partial charge in [-0.15, -0.1) is 0 Å². The molecule has 1 aromatic rings. The average Bonchev–Trinajstić information content (AvgIpc) is 2.80. The molecule has 1 fully saturated rings. The van der Waals surface area contributed by atoms with Crippen LogP contribution in [-0.2, 0) is 9.53 Å². The van der Waals surface area contributed by atoms with E-state index in [0.29, 0.717) is 13.1 Å². The number of alkyl carbamates (subject to hydrolysis) is 1. The molecule has 23 heavy (non-hydrogen) atoms. The van der Waals surface area contributed by atoms with Gasteiger partial charge in [-0.05, 0) is 38.5 Å². The molecule has 1 heterocycles. The molecule has 0 saturated carbocycles. The molecule has 0 aliphatic carbocycles. The van der Waals surface area contributed by atoms with Crippen LogP contribution in [0.5, 0.6) is 0 Å². The lowest BCUT2D eigenvalue weighted by Crippen LogP contribution is -2.43. The third-order valence-corrected chi connectivity index (χ3v) is 3.74. The van der Waals surface area contributed by atoms with Gasteiger partial charge >= 0.3 is 6.09 Å². The van der Waals surface area contributed by atoms with Crippen LogP contribution in [0.1, 0.15) is 39.2 Å². The molecule has 1 saturated heterocycles. The van der Waals surface area contributed by atoms with E-state index in [1.165, 1.54) is 19.1 Å². The van der Waals surface area contributed by atoms with Gasteiger partial charge in [0.25, 0.3) is 0 Å². The van der Waals surface area contributed by atoms with Gasteiger partial charge in [0, 0.05) is 25.9 Å². The van der Waals surface area contributed by atoms with E-state index in [9.17, 15) is 14.0 Å². The molecule has 1 N–H and O–H groups in total. The summed E-state index contributed by atoms with van der Waals surface area (Å²) in [6.07, 6.45) is -0.533. The second-order valence-electron chi connectivity index (χ2n) is 6.84. The predicted molar refractivity (Wildman–Crippen MR) is 84.6 cm³/mol. The molecule has 0 aromatic heterocycles. The number of hydrogen-bond acceptors (Lipinski definition) is 3. The van der Waals surface area contributed by atoms with Crippen molar-refractivity contribution in [3.8, 4) is 0 Å². The van der Waals surface area contributed by atoms with Crippen molar-refractivity contribution in [1.82, 2.24) is 10.2 Å². The van der Waals surface area contributed by atoms with Gasteiger partial charge in [-0.25, -0.2) is 9.18 Å². The number of nitrogens with zero attached hydrogens (tertiary/aromatic N) is 1. The van der Waals surface area contributed by atoms with Crippen LogP contribution in [0.3, 0.4) is 0 Å². The first-order valence-electron chi connectivity index (χ1n) is 7.66. The fourth-order valence-corrected chi connectivity index (χ4v) is 2.74. The van der Waals surface area contributed by atoms with Crippen molar-refractivity contribution in [2.45, 2.75) is 45.3 Å². The van der Waals surface area contributed by atoms with E-state index in [1.54, 1.807) is 37.8 Å². The van der Waals surface area contributed by atoms with Crippen LogP contribution in [0, 0.1) is 5.82 Å². The highest BCUT2D eigenvalue weighted by Gasteiger charge is 2.37. The van der Waals surface area contributed by atoms with Gasteiger partial charge in [0.2, 0.25) is 5.91 Å². The molecule has 0 spiro atoms. The maximum Gasteiger partial charge on any atom is 0.407 e. The van der Waals surface area contributed by atoms with Gasteiger partial charge < -0.3 is 15.0 Å². The van der Waals surface area contributed by atoms with Crippen LogP contribution < -0.4 is 5.32 Å². The first-order valence-corrected chi connectivity index (χ1v) is 7.66. The zero-order valence-electron chi connectivity index (χ0n) is 13.9. The molecule has 6 heteroatoms. The second-order valence-corrected chi connectivity index (χ2v) is 6.84. The topological polar surface area (TPSA) is 58.6 Å². The lowest BCUT2D eigenvalue weighted by Gasteiger charge is -2.24. The van der Waals surface area contributed by atoms with Crippen LogP contribution in [-0.4, -0.2) is 41.6 Å². The van der Waals surface area contributed by atoms with Gasteiger partial charge in [0.15, 0.2) is 0 Å². The van der Waals surface area contributed by atoms with Crippen molar-refractivity contribution < 1.29 is 18.7 Å². The molecule has 0 bridgehead atoms. The summed E-state index contributed by atoms with van der Waals surface area (Å²) in [4.78, 5) is 25.3. The monoisotopic (exact) mass is 322 g/mol. The van der Waals surface area contributed by atoms with Crippen LogP contribution >= 0.6 is 0 Å². The molecular weight excluding hydrogens is 299 g/mol. The van der Waals surface area contributed by atoms with Crippen LogP contribution in [0.4, 0.5) is 9.18 Å². The Bertz CT molecular complexity index is 598. The van der Waals surface area contributed by atoms with Crippen molar-refractivity contribution in [3.63, 3.8) is 0 Å². The molecule has 5 nitrogen and oxygen atoms in total. The van der Waals surface area contributed by atoms with Crippen molar-refractivity contribution in [2.24, 2.45) is 0 Å². The quantitative estimate of drug-likeness (QED) is 0.911. The molecule has 2 amide bonds. The molecular formula is C17H23FN2O3. The van der Waals surface area contributed by atoms with E-state index in [4.69, 9.17) is 4.74 Å². The number of hydrogen-bond donors (Lipinski definition) is 1. The number of likely N-dealkylation sites (tertiary alicyclic amines) is 1. The van der Waals surface area contributed by atoms with Gasteiger partial charge in [-0.2, -0.15) is 0 Å². The molecule has 1 aliphatic rings.